The highest BCUT2D eigenvalue weighted by Crippen LogP contribution is 2.16. The average Bonchev–Trinajstić information content (AvgIpc) is 2.40. The van der Waals surface area contributed by atoms with Crippen molar-refractivity contribution in [2.75, 3.05) is 6.61 Å². The molecule has 0 aliphatic heterocycles. The molecule has 4 heteroatoms. The lowest BCUT2D eigenvalue weighted by Gasteiger charge is -2.08. The summed E-state index contributed by atoms with van der Waals surface area (Å²) in [6, 6.07) is 6.68. The van der Waals surface area contributed by atoms with E-state index in [0.29, 0.717) is 6.42 Å². The minimum Gasteiger partial charge on any atom is -0.266 e. The predicted octanol–water partition coefficient (Wildman–Crippen LogP) is 3.37. The Balaban J connectivity index is 1.92. The van der Waals surface area contributed by atoms with E-state index in [0.717, 1.165) is 24.0 Å². The molecule has 0 fully saturated rings. The normalized spacial score (nSPS) is 15.3. The lowest BCUT2D eigenvalue weighted by Crippen LogP contribution is -2.08. The molecular formula is C15H18O3S. The molecule has 0 saturated carbocycles. The van der Waals surface area contributed by atoms with Crippen molar-refractivity contribution in [3.05, 3.63) is 53.6 Å². The first-order chi connectivity index (χ1) is 9.08. The third-order valence-corrected chi connectivity index (χ3v) is 4.34. The van der Waals surface area contributed by atoms with Crippen molar-refractivity contribution < 1.29 is 12.6 Å². The minimum absolute atomic E-state index is 0.187. The number of aryl methyl sites for hydroxylation is 1. The molecule has 0 spiro atoms. The number of allylic oxidation sites excluding steroid dienone is 3. The first kappa shape index (κ1) is 14.0. The van der Waals surface area contributed by atoms with Crippen LogP contribution in [0.5, 0.6) is 0 Å². The quantitative estimate of drug-likeness (QED) is 0.776. The van der Waals surface area contributed by atoms with Gasteiger partial charge in [-0.3, -0.25) is 4.18 Å². The largest absolute Gasteiger partial charge is 0.296 e. The van der Waals surface area contributed by atoms with Crippen molar-refractivity contribution in [2.45, 2.75) is 31.1 Å². The topological polar surface area (TPSA) is 43.4 Å². The maximum absolute atomic E-state index is 11.9. The molecule has 0 radical (unpaired) electrons. The second-order valence-corrected chi connectivity index (χ2v) is 6.21. The van der Waals surface area contributed by atoms with Gasteiger partial charge < -0.3 is 0 Å². The van der Waals surface area contributed by atoms with Crippen molar-refractivity contribution in [2.24, 2.45) is 0 Å². The predicted molar refractivity (Wildman–Crippen MR) is 75.4 cm³/mol. The first-order valence-electron chi connectivity index (χ1n) is 6.39. The van der Waals surface area contributed by atoms with Gasteiger partial charge in [0.25, 0.3) is 10.1 Å². The van der Waals surface area contributed by atoms with Gasteiger partial charge in [-0.15, -0.1) is 0 Å². The summed E-state index contributed by atoms with van der Waals surface area (Å²) in [5, 5.41) is 0. The van der Waals surface area contributed by atoms with Gasteiger partial charge in [0.1, 0.15) is 0 Å². The van der Waals surface area contributed by atoms with E-state index in [-0.39, 0.29) is 11.5 Å². The van der Waals surface area contributed by atoms with Crippen LogP contribution in [0.15, 0.2) is 53.0 Å². The molecule has 0 atom stereocenters. The van der Waals surface area contributed by atoms with Crippen molar-refractivity contribution in [3.8, 4) is 0 Å². The third-order valence-electron chi connectivity index (χ3n) is 3.01. The zero-order chi connectivity index (χ0) is 13.7. The maximum atomic E-state index is 11.9. The van der Waals surface area contributed by atoms with Crippen molar-refractivity contribution >= 4 is 10.1 Å². The molecule has 0 aromatic heterocycles. The van der Waals surface area contributed by atoms with Crippen LogP contribution in [0.25, 0.3) is 0 Å². The van der Waals surface area contributed by atoms with E-state index in [1.807, 2.05) is 13.0 Å². The van der Waals surface area contributed by atoms with Crippen LogP contribution in [0, 0.1) is 6.92 Å². The number of hydrogen-bond donors (Lipinski definition) is 0. The van der Waals surface area contributed by atoms with Crippen LogP contribution in [0.4, 0.5) is 0 Å². The van der Waals surface area contributed by atoms with Gasteiger partial charge in [0, 0.05) is 0 Å². The zero-order valence-electron chi connectivity index (χ0n) is 11.0. The second-order valence-electron chi connectivity index (χ2n) is 4.60. The molecule has 2 rings (SSSR count). The maximum Gasteiger partial charge on any atom is 0.296 e. The molecule has 1 aliphatic rings. The Hall–Kier alpha value is -1.39. The molecule has 3 nitrogen and oxygen atoms in total. The van der Waals surface area contributed by atoms with Crippen LogP contribution in [-0.4, -0.2) is 15.0 Å². The van der Waals surface area contributed by atoms with Crippen LogP contribution >= 0.6 is 0 Å². The Morgan fingerprint density at radius 1 is 1.16 bits per heavy atom. The summed E-state index contributed by atoms with van der Waals surface area (Å²) in [5.74, 6) is 0. The van der Waals surface area contributed by atoms with Gasteiger partial charge in [-0.05, 0) is 43.9 Å². The molecule has 1 aromatic carbocycles. The second kappa shape index (κ2) is 6.17. The third kappa shape index (κ3) is 4.04. The molecule has 0 saturated heterocycles. The Bertz CT molecular complexity index is 580. The molecule has 102 valence electrons. The van der Waals surface area contributed by atoms with Crippen LogP contribution in [0.1, 0.15) is 24.8 Å². The molecule has 19 heavy (non-hydrogen) atoms. The van der Waals surface area contributed by atoms with Gasteiger partial charge in [0.2, 0.25) is 0 Å². The summed E-state index contributed by atoms with van der Waals surface area (Å²) in [7, 11) is -3.63. The van der Waals surface area contributed by atoms with Gasteiger partial charge in [0.05, 0.1) is 11.5 Å². The molecule has 1 aliphatic carbocycles. The van der Waals surface area contributed by atoms with Crippen LogP contribution in [-0.2, 0) is 14.3 Å². The van der Waals surface area contributed by atoms with Gasteiger partial charge in [-0.1, -0.05) is 35.9 Å². The van der Waals surface area contributed by atoms with Crippen molar-refractivity contribution in [1.29, 1.82) is 0 Å². The summed E-state index contributed by atoms with van der Waals surface area (Å²) in [6.45, 7) is 2.10. The number of benzene rings is 1. The van der Waals surface area contributed by atoms with Gasteiger partial charge in [0.15, 0.2) is 0 Å². The van der Waals surface area contributed by atoms with E-state index >= 15 is 0 Å². The fraction of sp³-hybridized carbons (Fsp3) is 0.333. The summed E-state index contributed by atoms with van der Waals surface area (Å²) >= 11 is 0. The Morgan fingerprint density at radius 3 is 2.53 bits per heavy atom. The molecule has 0 unspecified atom stereocenters. The van der Waals surface area contributed by atoms with Gasteiger partial charge in [-0.2, -0.15) is 8.42 Å². The van der Waals surface area contributed by atoms with Gasteiger partial charge in [-0.25, -0.2) is 0 Å². The molecule has 0 heterocycles. The average molecular weight is 278 g/mol. The fourth-order valence-electron chi connectivity index (χ4n) is 1.90. The molecule has 0 N–H and O–H groups in total. The molecule has 0 bridgehead atoms. The Kier molecular flexibility index (Phi) is 4.56. The fourth-order valence-corrected chi connectivity index (χ4v) is 2.80. The lowest BCUT2D eigenvalue weighted by atomic mass is 10.1. The van der Waals surface area contributed by atoms with Crippen molar-refractivity contribution in [1.82, 2.24) is 0 Å². The number of rotatable bonds is 5. The minimum atomic E-state index is -3.63. The van der Waals surface area contributed by atoms with Gasteiger partial charge >= 0.3 is 0 Å². The van der Waals surface area contributed by atoms with E-state index in [1.54, 1.807) is 24.3 Å². The Labute approximate surface area is 114 Å². The summed E-state index contributed by atoms with van der Waals surface area (Å²) < 4.78 is 28.9. The first-order valence-corrected chi connectivity index (χ1v) is 7.80. The smallest absolute Gasteiger partial charge is 0.266 e. The van der Waals surface area contributed by atoms with E-state index in [9.17, 15) is 8.42 Å². The summed E-state index contributed by atoms with van der Waals surface area (Å²) in [5.41, 5.74) is 2.17. The Morgan fingerprint density at radius 2 is 1.89 bits per heavy atom. The summed E-state index contributed by atoms with van der Waals surface area (Å²) in [6.07, 6.45) is 8.97. The standard InChI is InChI=1S/C15H18O3S/c1-13-7-9-15(10-8-13)19(16,17)18-12-11-14-5-3-2-4-6-14/h3,5-10H,2,4,11-12H2,1H3. The van der Waals surface area contributed by atoms with Crippen LogP contribution in [0.3, 0.4) is 0 Å². The van der Waals surface area contributed by atoms with E-state index in [4.69, 9.17) is 4.18 Å². The highest BCUT2D eigenvalue weighted by molar-refractivity contribution is 7.86. The summed E-state index contributed by atoms with van der Waals surface area (Å²) in [4.78, 5) is 0.214. The molecule has 1 aromatic rings. The molecule has 0 amide bonds. The molecular weight excluding hydrogens is 260 g/mol. The number of hydrogen-bond acceptors (Lipinski definition) is 3. The van der Waals surface area contributed by atoms with Crippen molar-refractivity contribution in [3.63, 3.8) is 0 Å². The van der Waals surface area contributed by atoms with Crippen LogP contribution < -0.4 is 0 Å². The zero-order valence-corrected chi connectivity index (χ0v) is 11.8. The van der Waals surface area contributed by atoms with E-state index in [2.05, 4.69) is 12.2 Å². The lowest BCUT2D eigenvalue weighted by molar-refractivity contribution is 0.322. The van der Waals surface area contributed by atoms with E-state index < -0.39 is 10.1 Å². The highest BCUT2D eigenvalue weighted by atomic mass is 32.2. The highest BCUT2D eigenvalue weighted by Gasteiger charge is 2.14. The monoisotopic (exact) mass is 278 g/mol. The SMILES string of the molecule is Cc1ccc(S(=O)(=O)OCCC2=CCCC=C2)cc1. The van der Waals surface area contributed by atoms with E-state index in [1.165, 1.54) is 0 Å². The van der Waals surface area contributed by atoms with Crippen LogP contribution in [0.2, 0.25) is 0 Å².